The van der Waals surface area contributed by atoms with Gasteiger partial charge in [0.15, 0.2) is 0 Å². The summed E-state index contributed by atoms with van der Waals surface area (Å²) >= 11 is 6.11. The molecule has 1 heterocycles. The van der Waals surface area contributed by atoms with Crippen molar-refractivity contribution in [3.63, 3.8) is 0 Å². The molecule has 2 N–H and O–H groups in total. The third-order valence-corrected chi connectivity index (χ3v) is 3.39. The van der Waals surface area contributed by atoms with E-state index < -0.39 is 6.10 Å². The van der Waals surface area contributed by atoms with E-state index in [1.807, 2.05) is 29.8 Å². The summed E-state index contributed by atoms with van der Waals surface area (Å²) in [7, 11) is 0. The van der Waals surface area contributed by atoms with Gasteiger partial charge in [-0.15, -0.1) is 0 Å². The number of fused-ring (bicyclic) bond motifs is 1. The highest BCUT2D eigenvalue weighted by Crippen LogP contribution is 2.30. The molecule has 0 aliphatic carbocycles. The minimum Gasteiger partial charge on any atom is -0.395 e. The summed E-state index contributed by atoms with van der Waals surface area (Å²) < 4.78 is 1.92. The van der Waals surface area contributed by atoms with Crippen LogP contribution in [0, 0.1) is 6.92 Å². The van der Waals surface area contributed by atoms with Gasteiger partial charge in [0.2, 0.25) is 0 Å². The predicted molar refractivity (Wildman–Crippen MR) is 69.4 cm³/mol. The van der Waals surface area contributed by atoms with Crippen LogP contribution in [-0.2, 0) is 6.54 Å². The quantitative estimate of drug-likeness (QED) is 0.883. The maximum absolute atomic E-state index is 9.75. The fourth-order valence-electron chi connectivity index (χ4n) is 2.07. The number of aliphatic hydroxyl groups is 2. The predicted octanol–water partition coefficient (Wildman–Crippen LogP) is 2.65. The van der Waals surface area contributed by atoms with E-state index in [2.05, 4.69) is 0 Å². The number of halogens is 1. The van der Waals surface area contributed by atoms with E-state index in [1.54, 1.807) is 6.92 Å². The Morgan fingerprint density at radius 1 is 1.41 bits per heavy atom. The van der Waals surface area contributed by atoms with Crippen molar-refractivity contribution in [1.82, 2.24) is 4.57 Å². The summed E-state index contributed by atoms with van der Waals surface area (Å²) in [5, 5.41) is 20.5. The Hall–Kier alpha value is -1.03. The fourth-order valence-corrected chi connectivity index (χ4v) is 2.23. The Kier molecular flexibility index (Phi) is 3.43. The van der Waals surface area contributed by atoms with Gasteiger partial charge in [0.05, 0.1) is 12.7 Å². The van der Waals surface area contributed by atoms with Crippen molar-refractivity contribution in [2.75, 3.05) is 6.61 Å². The molecule has 2 aromatic rings. The topological polar surface area (TPSA) is 45.4 Å². The molecule has 1 aromatic carbocycles. The number of hydrogen-bond acceptors (Lipinski definition) is 2. The number of hydrogen-bond donors (Lipinski definition) is 2. The molecule has 0 aliphatic heterocycles. The van der Waals surface area contributed by atoms with Crippen LogP contribution in [0.25, 0.3) is 10.9 Å². The molecule has 0 aliphatic rings. The third-order valence-electron chi connectivity index (χ3n) is 2.98. The molecule has 17 heavy (non-hydrogen) atoms. The van der Waals surface area contributed by atoms with Crippen LogP contribution in [-0.4, -0.2) is 21.4 Å². The van der Waals surface area contributed by atoms with Crippen LogP contribution in [0.15, 0.2) is 18.3 Å². The molecule has 3 nitrogen and oxygen atoms in total. The van der Waals surface area contributed by atoms with Crippen LogP contribution in [0.4, 0.5) is 0 Å². The molecule has 0 amide bonds. The lowest BCUT2D eigenvalue weighted by molar-refractivity contribution is 0.200. The number of aryl methyl sites for hydroxylation is 1. The Morgan fingerprint density at radius 2 is 2.12 bits per heavy atom. The van der Waals surface area contributed by atoms with E-state index in [0.29, 0.717) is 11.6 Å². The fraction of sp³-hybridized carbons (Fsp3) is 0.385. The summed E-state index contributed by atoms with van der Waals surface area (Å²) in [6, 6.07) is 3.86. The standard InChI is InChI=1S/C13H16ClNO2/c1-8-5-10-11(9(2)17)7-15(3-4-16)13(10)6-12(8)14/h5-7,9,16-17H,3-4H2,1-2H3. The molecule has 4 heteroatoms. The van der Waals surface area contributed by atoms with Gasteiger partial charge in [0.25, 0.3) is 0 Å². The lowest BCUT2D eigenvalue weighted by atomic mass is 10.1. The smallest absolute Gasteiger partial charge is 0.0782 e. The van der Waals surface area contributed by atoms with Gasteiger partial charge < -0.3 is 14.8 Å². The highest BCUT2D eigenvalue weighted by Gasteiger charge is 2.13. The molecule has 0 radical (unpaired) electrons. The molecule has 1 aromatic heterocycles. The second-order valence-electron chi connectivity index (χ2n) is 4.30. The van der Waals surface area contributed by atoms with Crippen LogP contribution in [0.1, 0.15) is 24.2 Å². The molecule has 1 atom stereocenters. The van der Waals surface area contributed by atoms with Crippen molar-refractivity contribution < 1.29 is 10.2 Å². The summed E-state index contributed by atoms with van der Waals surface area (Å²) in [4.78, 5) is 0. The van der Waals surface area contributed by atoms with Crippen molar-refractivity contribution >= 4 is 22.5 Å². The second kappa shape index (κ2) is 4.69. The van der Waals surface area contributed by atoms with Gasteiger partial charge in [-0.05, 0) is 31.5 Å². The molecule has 0 saturated heterocycles. The van der Waals surface area contributed by atoms with Gasteiger partial charge in [0.1, 0.15) is 0 Å². The summed E-state index contributed by atoms with van der Waals surface area (Å²) in [6.45, 7) is 4.25. The molecule has 0 bridgehead atoms. The summed E-state index contributed by atoms with van der Waals surface area (Å²) in [5.74, 6) is 0. The monoisotopic (exact) mass is 253 g/mol. The third kappa shape index (κ3) is 2.18. The Morgan fingerprint density at radius 3 is 2.71 bits per heavy atom. The van der Waals surface area contributed by atoms with Crippen molar-refractivity contribution in [3.05, 3.63) is 34.5 Å². The minimum absolute atomic E-state index is 0.0640. The molecule has 0 spiro atoms. The first-order chi connectivity index (χ1) is 8.04. The van der Waals surface area contributed by atoms with Crippen LogP contribution in [0.5, 0.6) is 0 Å². The normalized spacial score (nSPS) is 13.2. The van der Waals surface area contributed by atoms with E-state index in [0.717, 1.165) is 22.0 Å². The molecular formula is C13H16ClNO2. The average molecular weight is 254 g/mol. The zero-order valence-corrected chi connectivity index (χ0v) is 10.7. The van der Waals surface area contributed by atoms with Crippen LogP contribution >= 0.6 is 11.6 Å². The van der Waals surface area contributed by atoms with E-state index in [-0.39, 0.29) is 6.61 Å². The lowest BCUT2D eigenvalue weighted by Gasteiger charge is -2.04. The first kappa shape index (κ1) is 12.4. The SMILES string of the molecule is Cc1cc2c(C(C)O)cn(CCO)c2cc1Cl. The highest BCUT2D eigenvalue weighted by molar-refractivity contribution is 6.32. The highest BCUT2D eigenvalue weighted by atomic mass is 35.5. The number of nitrogens with zero attached hydrogens (tertiary/aromatic N) is 1. The average Bonchev–Trinajstić information content (AvgIpc) is 2.59. The van der Waals surface area contributed by atoms with Crippen molar-refractivity contribution in [2.45, 2.75) is 26.5 Å². The van der Waals surface area contributed by atoms with Gasteiger partial charge in [-0.2, -0.15) is 0 Å². The maximum atomic E-state index is 9.75. The van der Waals surface area contributed by atoms with Crippen LogP contribution < -0.4 is 0 Å². The lowest BCUT2D eigenvalue weighted by Crippen LogP contribution is -2.00. The van der Waals surface area contributed by atoms with Crippen LogP contribution in [0.2, 0.25) is 5.02 Å². The Bertz CT molecular complexity index is 546. The summed E-state index contributed by atoms with van der Waals surface area (Å²) in [5.41, 5.74) is 2.81. The van der Waals surface area contributed by atoms with E-state index in [1.165, 1.54) is 0 Å². The van der Waals surface area contributed by atoms with Crippen molar-refractivity contribution in [2.24, 2.45) is 0 Å². The number of rotatable bonds is 3. The number of aromatic nitrogens is 1. The number of benzene rings is 1. The molecule has 0 fully saturated rings. The molecular weight excluding hydrogens is 238 g/mol. The van der Waals surface area contributed by atoms with Crippen LogP contribution in [0.3, 0.4) is 0 Å². The van der Waals surface area contributed by atoms with Gasteiger partial charge in [0, 0.05) is 34.2 Å². The molecule has 2 rings (SSSR count). The maximum Gasteiger partial charge on any atom is 0.0782 e. The van der Waals surface area contributed by atoms with E-state index in [9.17, 15) is 5.11 Å². The van der Waals surface area contributed by atoms with E-state index in [4.69, 9.17) is 16.7 Å². The molecule has 0 saturated carbocycles. The van der Waals surface area contributed by atoms with Gasteiger partial charge in [-0.3, -0.25) is 0 Å². The number of aliphatic hydroxyl groups excluding tert-OH is 2. The summed E-state index contributed by atoms with van der Waals surface area (Å²) in [6.07, 6.45) is 1.35. The van der Waals surface area contributed by atoms with E-state index >= 15 is 0 Å². The van der Waals surface area contributed by atoms with Gasteiger partial charge >= 0.3 is 0 Å². The molecule has 92 valence electrons. The zero-order valence-electron chi connectivity index (χ0n) is 9.94. The Balaban J connectivity index is 2.72. The van der Waals surface area contributed by atoms with Crippen molar-refractivity contribution in [3.8, 4) is 0 Å². The first-order valence-electron chi connectivity index (χ1n) is 5.62. The van der Waals surface area contributed by atoms with Gasteiger partial charge in [-0.1, -0.05) is 11.6 Å². The molecule has 1 unspecified atom stereocenters. The van der Waals surface area contributed by atoms with Crippen molar-refractivity contribution in [1.29, 1.82) is 0 Å². The largest absolute Gasteiger partial charge is 0.395 e. The zero-order chi connectivity index (χ0) is 12.6. The Labute approximate surface area is 105 Å². The second-order valence-corrected chi connectivity index (χ2v) is 4.70. The first-order valence-corrected chi connectivity index (χ1v) is 6.00. The minimum atomic E-state index is -0.530. The van der Waals surface area contributed by atoms with Gasteiger partial charge in [-0.25, -0.2) is 0 Å².